The van der Waals surface area contributed by atoms with E-state index in [4.69, 9.17) is 4.74 Å². The number of fused-ring (bicyclic) bond motifs is 5. The number of anilines is 1. The monoisotopic (exact) mass is 464 g/mol. The molecule has 0 N–H and O–H groups in total. The van der Waals surface area contributed by atoms with Gasteiger partial charge in [0.05, 0.1) is 28.8 Å². The molecule has 33 heavy (non-hydrogen) atoms. The van der Waals surface area contributed by atoms with Crippen molar-refractivity contribution in [2.45, 2.75) is 0 Å². The van der Waals surface area contributed by atoms with E-state index < -0.39 is 0 Å². The molecule has 3 aromatic heterocycles. The highest BCUT2D eigenvalue weighted by atomic mass is 32.1. The van der Waals surface area contributed by atoms with Gasteiger partial charge >= 0.3 is 0 Å². The standard InChI is InChI=1S/C23H24N6O3S/c1-26-6-8-28(9-7-26)22(31)19-20(30)15-14-18(27-10-12-32-13-11-27)24-25-21(15)29-16-4-2-3-5-17(16)33-23(19)29/h2-5,14H,6-13H2,1H3. The van der Waals surface area contributed by atoms with Crippen LogP contribution in [0.3, 0.4) is 0 Å². The fourth-order valence-corrected chi connectivity index (χ4v) is 5.78. The average molecular weight is 465 g/mol. The summed E-state index contributed by atoms with van der Waals surface area (Å²) in [6.45, 7) is 5.41. The summed E-state index contributed by atoms with van der Waals surface area (Å²) in [7, 11) is 2.04. The number of nitrogens with zero attached hydrogens (tertiary/aromatic N) is 6. The van der Waals surface area contributed by atoms with E-state index in [-0.39, 0.29) is 16.9 Å². The van der Waals surface area contributed by atoms with Crippen LogP contribution in [-0.2, 0) is 4.74 Å². The number of carbonyl (C=O) groups excluding carboxylic acids is 1. The molecule has 2 aliphatic heterocycles. The smallest absolute Gasteiger partial charge is 0.260 e. The number of likely N-dealkylation sites (N-methyl/N-ethyl adjacent to an activating group) is 1. The SMILES string of the molecule is CN1CCN(C(=O)c2c(=O)c3cc(N4CCOCC4)nnc3n3c2sc2ccccc23)CC1. The number of piperazine rings is 1. The molecular weight excluding hydrogens is 440 g/mol. The van der Waals surface area contributed by atoms with E-state index in [0.717, 1.165) is 23.3 Å². The molecule has 0 aliphatic carbocycles. The number of rotatable bonds is 2. The van der Waals surface area contributed by atoms with Crippen LogP contribution in [0.5, 0.6) is 0 Å². The highest BCUT2D eigenvalue weighted by Gasteiger charge is 2.28. The highest BCUT2D eigenvalue weighted by molar-refractivity contribution is 7.24. The van der Waals surface area contributed by atoms with E-state index in [1.54, 1.807) is 11.0 Å². The molecule has 0 radical (unpaired) electrons. The quantitative estimate of drug-likeness (QED) is 0.446. The Morgan fingerprint density at radius 3 is 2.58 bits per heavy atom. The lowest BCUT2D eigenvalue weighted by molar-refractivity contribution is 0.0665. The van der Waals surface area contributed by atoms with E-state index >= 15 is 0 Å². The number of amides is 1. The number of ether oxygens (including phenoxy) is 1. The van der Waals surface area contributed by atoms with Gasteiger partial charge in [0.2, 0.25) is 5.43 Å². The molecule has 1 aromatic carbocycles. The molecule has 0 atom stereocenters. The topological polar surface area (TPSA) is 83.3 Å². The summed E-state index contributed by atoms with van der Waals surface area (Å²) < 4.78 is 8.37. The lowest BCUT2D eigenvalue weighted by Gasteiger charge is -2.32. The predicted octanol–water partition coefficient (Wildman–Crippen LogP) is 1.68. The molecule has 1 amide bonds. The van der Waals surface area contributed by atoms with Gasteiger partial charge in [-0.1, -0.05) is 12.1 Å². The maximum atomic E-state index is 13.8. The van der Waals surface area contributed by atoms with Crippen LogP contribution in [-0.4, -0.2) is 89.8 Å². The van der Waals surface area contributed by atoms with Gasteiger partial charge in [0.15, 0.2) is 11.5 Å². The van der Waals surface area contributed by atoms with Gasteiger partial charge in [0.25, 0.3) is 5.91 Å². The number of carbonyl (C=O) groups is 1. The van der Waals surface area contributed by atoms with E-state index in [0.29, 0.717) is 61.1 Å². The van der Waals surface area contributed by atoms with Crippen molar-refractivity contribution in [2.75, 3.05) is 64.4 Å². The average Bonchev–Trinajstić information content (AvgIpc) is 3.24. The van der Waals surface area contributed by atoms with Crippen molar-refractivity contribution in [3.8, 4) is 0 Å². The molecule has 170 valence electrons. The van der Waals surface area contributed by atoms with Gasteiger partial charge in [-0.3, -0.25) is 14.0 Å². The number of thiazole rings is 1. The van der Waals surface area contributed by atoms with Gasteiger partial charge in [0.1, 0.15) is 10.4 Å². The zero-order valence-electron chi connectivity index (χ0n) is 18.4. The summed E-state index contributed by atoms with van der Waals surface area (Å²) in [5.74, 6) is 0.434. The van der Waals surface area contributed by atoms with Crippen molar-refractivity contribution in [3.05, 3.63) is 46.1 Å². The zero-order chi connectivity index (χ0) is 22.5. The highest BCUT2D eigenvalue weighted by Crippen LogP contribution is 2.31. The maximum absolute atomic E-state index is 13.8. The summed E-state index contributed by atoms with van der Waals surface area (Å²) in [4.78, 5) is 34.2. The maximum Gasteiger partial charge on any atom is 0.260 e. The molecule has 6 rings (SSSR count). The molecule has 5 heterocycles. The second kappa shape index (κ2) is 8.05. The molecule has 9 nitrogen and oxygen atoms in total. The minimum absolute atomic E-state index is 0.205. The van der Waals surface area contributed by atoms with Crippen molar-refractivity contribution in [2.24, 2.45) is 0 Å². The first-order chi connectivity index (χ1) is 16.1. The van der Waals surface area contributed by atoms with Crippen LogP contribution < -0.4 is 10.3 Å². The molecule has 2 aliphatic rings. The number of pyridine rings is 1. The number of benzene rings is 1. The van der Waals surface area contributed by atoms with Gasteiger partial charge in [0, 0.05) is 39.3 Å². The molecule has 2 fully saturated rings. The zero-order valence-corrected chi connectivity index (χ0v) is 19.2. The molecule has 0 unspecified atom stereocenters. The number of hydrogen-bond donors (Lipinski definition) is 0. The molecule has 0 spiro atoms. The third kappa shape index (κ3) is 3.36. The van der Waals surface area contributed by atoms with Gasteiger partial charge in [-0.15, -0.1) is 21.5 Å². The van der Waals surface area contributed by atoms with Crippen LogP contribution in [0.2, 0.25) is 0 Å². The molecule has 2 saturated heterocycles. The lowest BCUT2D eigenvalue weighted by atomic mass is 10.1. The number of aromatic nitrogens is 3. The summed E-state index contributed by atoms with van der Waals surface area (Å²) in [5, 5.41) is 9.36. The summed E-state index contributed by atoms with van der Waals surface area (Å²) >= 11 is 1.45. The van der Waals surface area contributed by atoms with Crippen molar-refractivity contribution < 1.29 is 9.53 Å². The fourth-order valence-electron chi connectivity index (χ4n) is 4.60. The summed E-state index contributed by atoms with van der Waals surface area (Å²) in [5.41, 5.74) is 1.36. The predicted molar refractivity (Wildman–Crippen MR) is 129 cm³/mol. The van der Waals surface area contributed by atoms with E-state index in [1.807, 2.05) is 35.7 Å². The minimum Gasteiger partial charge on any atom is -0.378 e. The Morgan fingerprint density at radius 1 is 1.03 bits per heavy atom. The first-order valence-electron chi connectivity index (χ1n) is 11.2. The Hall–Kier alpha value is -3.08. The lowest BCUT2D eigenvalue weighted by Crippen LogP contribution is -2.48. The fraction of sp³-hybridized carbons (Fsp3) is 0.391. The Balaban J connectivity index is 1.60. The minimum atomic E-state index is -0.273. The van der Waals surface area contributed by atoms with Gasteiger partial charge in [-0.2, -0.15) is 0 Å². The number of morpholine rings is 1. The van der Waals surface area contributed by atoms with Crippen molar-refractivity contribution in [1.82, 2.24) is 24.4 Å². The van der Waals surface area contributed by atoms with Crippen LogP contribution in [0, 0.1) is 0 Å². The van der Waals surface area contributed by atoms with Gasteiger partial charge < -0.3 is 19.4 Å². The van der Waals surface area contributed by atoms with Gasteiger partial charge in [-0.25, -0.2) is 0 Å². The Bertz CT molecular complexity index is 1430. The summed E-state index contributed by atoms with van der Waals surface area (Å²) in [6, 6.07) is 9.70. The molecule has 0 saturated carbocycles. The van der Waals surface area contributed by atoms with Crippen LogP contribution in [0.15, 0.2) is 35.1 Å². The van der Waals surface area contributed by atoms with Gasteiger partial charge in [-0.05, 0) is 25.2 Å². The third-order valence-corrected chi connectivity index (χ3v) is 7.66. The van der Waals surface area contributed by atoms with E-state index in [1.165, 1.54) is 11.3 Å². The van der Waals surface area contributed by atoms with Crippen molar-refractivity contribution in [3.63, 3.8) is 0 Å². The van der Waals surface area contributed by atoms with E-state index in [2.05, 4.69) is 20.0 Å². The first kappa shape index (κ1) is 20.5. The summed E-state index contributed by atoms with van der Waals surface area (Å²) in [6.07, 6.45) is 0. The number of hydrogen-bond acceptors (Lipinski definition) is 8. The van der Waals surface area contributed by atoms with Crippen LogP contribution in [0.1, 0.15) is 10.4 Å². The Labute approximate surface area is 193 Å². The van der Waals surface area contributed by atoms with Crippen molar-refractivity contribution in [1.29, 1.82) is 0 Å². The van der Waals surface area contributed by atoms with E-state index in [9.17, 15) is 9.59 Å². The second-order valence-corrected chi connectivity index (χ2v) is 9.58. The first-order valence-corrected chi connectivity index (χ1v) is 12.0. The van der Waals surface area contributed by atoms with Crippen LogP contribution in [0.4, 0.5) is 5.82 Å². The van der Waals surface area contributed by atoms with Crippen molar-refractivity contribution >= 4 is 49.1 Å². The molecular formula is C23H24N6O3S. The second-order valence-electron chi connectivity index (χ2n) is 8.55. The molecule has 10 heteroatoms. The number of para-hydroxylation sites is 1. The Kier molecular flexibility index (Phi) is 5.01. The third-order valence-electron chi connectivity index (χ3n) is 6.51. The van der Waals surface area contributed by atoms with Crippen LogP contribution >= 0.6 is 11.3 Å². The molecule has 4 aromatic rings. The normalized spacial score (nSPS) is 18.0. The largest absolute Gasteiger partial charge is 0.378 e. The Morgan fingerprint density at radius 2 is 1.79 bits per heavy atom. The van der Waals surface area contributed by atoms with Crippen LogP contribution in [0.25, 0.3) is 26.1 Å². The molecule has 0 bridgehead atoms.